The number of nitrogens with zero attached hydrogens (tertiary/aromatic N) is 2. The smallest absolute Gasteiger partial charge is 0.191 e. The van der Waals surface area contributed by atoms with Crippen LogP contribution in [0.4, 0.5) is 14.5 Å². The summed E-state index contributed by atoms with van der Waals surface area (Å²) >= 11 is 0. The van der Waals surface area contributed by atoms with Crippen molar-refractivity contribution in [3.8, 4) is 0 Å². The minimum Gasteiger partial charge on any atom is -0.381 e. The highest BCUT2D eigenvalue weighted by Gasteiger charge is 2.25. The van der Waals surface area contributed by atoms with Crippen molar-refractivity contribution in [3.63, 3.8) is 0 Å². The van der Waals surface area contributed by atoms with Crippen LogP contribution in [0.2, 0.25) is 0 Å². The van der Waals surface area contributed by atoms with Crippen molar-refractivity contribution in [2.24, 2.45) is 10.9 Å². The molecule has 2 atom stereocenters. The van der Waals surface area contributed by atoms with E-state index in [1.54, 1.807) is 0 Å². The van der Waals surface area contributed by atoms with Crippen molar-refractivity contribution < 1.29 is 18.3 Å². The van der Waals surface area contributed by atoms with Gasteiger partial charge in [-0.25, -0.2) is 8.78 Å². The van der Waals surface area contributed by atoms with E-state index in [1.165, 1.54) is 12.1 Å². The van der Waals surface area contributed by atoms with Crippen LogP contribution in [0.5, 0.6) is 0 Å². The number of nitrogens with one attached hydrogen (secondary N) is 2. The Morgan fingerprint density at radius 2 is 2.20 bits per heavy atom. The lowest BCUT2D eigenvalue weighted by molar-refractivity contribution is 0.0893. The van der Waals surface area contributed by atoms with Gasteiger partial charge >= 0.3 is 0 Å². The van der Waals surface area contributed by atoms with Gasteiger partial charge in [0.2, 0.25) is 0 Å². The molecule has 30 heavy (non-hydrogen) atoms. The van der Waals surface area contributed by atoms with Crippen molar-refractivity contribution in [1.82, 2.24) is 10.6 Å². The largest absolute Gasteiger partial charge is 0.381 e. The topological polar surface area (TPSA) is 58.1 Å². The molecule has 0 aromatic heterocycles. The summed E-state index contributed by atoms with van der Waals surface area (Å²) in [5.41, 5.74) is 0.447. The van der Waals surface area contributed by atoms with Crippen LogP contribution in [0.15, 0.2) is 23.2 Å². The summed E-state index contributed by atoms with van der Waals surface area (Å²) in [5, 5.41) is 6.68. The van der Waals surface area contributed by atoms with Crippen LogP contribution >= 0.6 is 24.0 Å². The normalized spacial score (nSPS) is 21.6. The Hall–Kier alpha value is -1.20. The lowest BCUT2D eigenvalue weighted by Crippen LogP contribution is -2.44. The molecular formula is C21H33F2IN4O2. The van der Waals surface area contributed by atoms with E-state index in [2.05, 4.69) is 15.6 Å². The number of guanidine groups is 1. The predicted octanol–water partition coefficient (Wildman–Crippen LogP) is 3.16. The van der Waals surface area contributed by atoms with Crippen molar-refractivity contribution in [3.05, 3.63) is 29.8 Å². The third-order valence-corrected chi connectivity index (χ3v) is 5.22. The van der Waals surface area contributed by atoms with Gasteiger partial charge in [0.25, 0.3) is 0 Å². The summed E-state index contributed by atoms with van der Waals surface area (Å²) in [6.45, 7) is 7.97. The number of anilines is 1. The fraction of sp³-hybridized carbons (Fsp3) is 0.667. The highest BCUT2D eigenvalue weighted by Crippen LogP contribution is 2.24. The molecule has 0 aliphatic carbocycles. The van der Waals surface area contributed by atoms with E-state index >= 15 is 0 Å². The molecule has 170 valence electrons. The number of benzene rings is 1. The number of ether oxygens (including phenoxy) is 2. The van der Waals surface area contributed by atoms with Gasteiger partial charge in [0, 0.05) is 57.4 Å². The van der Waals surface area contributed by atoms with Crippen molar-refractivity contribution in [2.45, 2.75) is 32.2 Å². The molecule has 1 aromatic rings. The molecule has 0 spiro atoms. The van der Waals surface area contributed by atoms with Crippen LogP contribution in [0.25, 0.3) is 0 Å². The number of halogens is 3. The first-order valence-electron chi connectivity index (χ1n) is 10.6. The van der Waals surface area contributed by atoms with Crippen LogP contribution in [0.1, 0.15) is 26.2 Å². The Kier molecular flexibility index (Phi) is 11.1. The molecule has 2 saturated heterocycles. The van der Waals surface area contributed by atoms with Gasteiger partial charge in [0.05, 0.1) is 18.9 Å². The fourth-order valence-corrected chi connectivity index (χ4v) is 3.67. The summed E-state index contributed by atoms with van der Waals surface area (Å²) in [4.78, 5) is 6.56. The summed E-state index contributed by atoms with van der Waals surface area (Å²) in [6.07, 6.45) is 2.82. The lowest BCUT2D eigenvalue weighted by atomic mass is 10.1. The lowest BCUT2D eigenvalue weighted by Gasteiger charge is -2.21. The number of hydrogen-bond donors (Lipinski definition) is 2. The zero-order valence-corrected chi connectivity index (χ0v) is 19.9. The Morgan fingerprint density at radius 1 is 1.33 bits per heavy atom. The highest BCUT2D eigenvalue weighted by molar-refractivity contribution is 14.0. The van der Waals surface area contributed by atoms with E-state index in [9.17, 15) is 8.78 Å². The summed E-state index contributed by atoms with van der Waals surface area (Å²) in [6, 6.07) is 3.90. The van der Waals surface area contributed by atoms with E-state index in [4.69, 9.17) is 9.47 Å². The maximum atomic E-state index is 14.0. The molecule has 2 fully saturated rings. The second kappa shape index (κ2) is 13.3. The van der Waals surface area contributed by atoms with E-state index in [-0.39, 0.29) is 30.0 Å². The van der Waals surface area contributed by atoms with Gasteiger partial charge in [-0.15, -0.1) is 24.0 Å². The summed E-state index contributed by atoms with van der Waals surface area (Å²) in [7, 11) is 0. The maximum absolute atomic E-state index is 14.0. The van der Waals surface area contributed by atoms with Crippen molar-refractivity contribution in [1.29, 1.82) is 0 Å². The first kappa shape index (κ1) is 25.1. The molecule has 9 heteroatoms. The summed E-state index contributed by atoms with van der Waals surface area (Å²) in [5.74, 6) is 0.231. The first-order chi connectivity index (χ1) is 14.2. The quantitative estimate of drug-likeness (QED) is 0.219. The Balaban J connectivity index is 0.00000320. The minimum atomic E-state index is -0.553. The molecule has 0 amide bonds. The van der Waals surface area contributed by atoms with Crippen molar-refractivity contribution in [2.75, 3.05) is 57.5 Å². The van der Waals surface area contributed by atoms with E-state index in [0.717, 1.165) is 64.2 Å². The minimum absolute atomic E-state index is 0. The number of hydrogen-bond acceptors (Lipinski definition) is 4. The van der Waals surface area contributed by atoms with Crippen molar-refractivity contribution >= 4 is 35.6 Å². The molecular weight excluding hydrogens is 505 g/mol. The van der Waals surface area contributed by atoms with Crippen LogP contribution in [0, 0.1) is 17.6 Å². The Bertz CT molecular complexity index is 674. The zero-order valence-electron chi connectivity index (χ0n) is 17.5. The van der Waals surface area contributed by atoms with Crippen LogP contribution in [-0.4, -0.2) is 64.6 Å². The first-order valence-corrected chi connectivity index (χ1v) is 10.6. The monoisotopic (exact) mass is 538 g/mol. The molecule has 3 rings (SSSR count). The maximum Gasteiger partial charge on any atom is 0.191 e. The summed E-state index contributed by atoms with van der Waals surface area (Å²) < 4.78 is 38.2. The van der Waals surface area contributed by atoms with Crippen LogP contribution in [0.3, 0.4) is 0 Å². The van der Waals surface area contributed by atoms with Gasteiger partial charge in [-0.05, 0) is 38.3 Å². The van der Waals surface area contributed by atoms with E-state index < -0.39 is 11.6 Å². The van der Waals surface area contributed by atoms with Gasteiger partial charge in [0.15, 0.2) is 5.96 Å². The molecule has 1 aromatic carbocycles. The molecule has 2 heterocycles. The van der Waals surface area contributed by atoms with Gasteiger partial charge < -0.3 is 25.0 Å². The molecule has 6 nitrogen and oxygen atoms in total. The molecule has 0 bridgehead atoms. The zero-order chi connectivity index (χ0) is 20.5. The second-order valence-corrected chi connectivity index (χ2v) is 7.59. The number of aliphatic imine (C=N–C) groups is 1. The average Bonchev–Trinajstić information content (AvgIpc) is 3.37. The van der Waals surface area contributed by atoms with Gasteiger partial charge in [-0.3, -0.25) is 4.99 Å². The SMILES string of the molecule is CCNC(=NCCCOCC1CCOC1)NC1CCN(c2ccc(F)cc2F)C1.I. The molecule has 2 unspecified atom stereocenters. The second-order valence-electron chi connectivity index (χ2n) is 7.59. The third-order valence-electron chi connectivity index (χ3n) is 5.22. The standard InChI is InChI=1S/C21H32F2N4O2.HI/c1-2-24-21(25-8-3-10-28-14-16-7-11-29-15-16)26-18-6-9-27(13-18)20-5-4-17(22)12-19(20)23;/h4-5,12,16,18H,2-3,6-11,13-15H2,1H3,(H2,24,25,26);1H. The molecule has 2 N–H and O–H groups in total. The molecule has 0 radical (unpaired) electrons. The Morgan fingerprint density at radius 3 is 2.93 bits per heavy atom. The fourth-order valence-electron chi connectivity index (χ4n) is 3.67. The number of rotatable bonds is 9. The van der Waals surface area contributed by atoms with Crippen LogP contribution < -0.4 is 15.5 Å². The van der Waals surface area contributed by atoms with Gasteiger partial charge in [-0.2, -0.15) is 0 Å². The Labute approximate surface area is 194 Å². The van der Waals surface area contributed by atoms with Gasteiger partial charge in [0.1, 0.15) is 11.6 Å². The average molecular weight is 538 g/mol. The van der Waals surface area contributed by atoms with E-state index in [1.807, 2.05) is 11.8 Å². The van der Waals surface area contributed by atoms with Crippen LogP contribution in [-0.2, 0) is 9.47 Å². The molecule has 0 saturated carbocycles. The predicted molar refractivity (Wildman–Crippen MR) is 126 cm³/mol. The molecule has 2 aliphatic rings. The van der Waals surface area contributed by atoms with E-state index in [0.29, 0.717) is 31.3 Å². The highest BCUT2D eigenvalue weighted by atomic mass is 127. The molecule has 2 aliphatic heterocycles. The third kappa shape index (κ3) is 7.81. The van der Waals surface area contributed by atoms with Gasteiger partial charge in [-0.1, -0.05) is 0 Å².